The Bertz CT molecular complexity index is 990. The van der Waals surface area contributed by atoms with Crippen molar-refractivity contribution in [1.29, 1.82) is 0 Å². The summed E-state index contributed by atoms with van der Waals surface area (Å²) in [6.07, 6.45) is 3.92. The van der Waals surface area contributed by atoms with Crippen molar-refractivity contribution in [2.24, 2.45) is 5.92 Å². The molecular formula is C22H26FN5O2. The van der Waals surface area contributed by atoms with Crippen molar-refractivity contribution in [3.8, 4) is 0 Å². The van der Waals surface area contributed by atoms with Crippen molar-refractivity contribution >= 4 is 22.7 Å². The quantitative estimate of drug-likeness (QED) is 0.410. The Morgan fingerprint density at radius 2 is 1.87 bits per heavy atom. The molecule has 0 spiro atoms. The molecule has 3 rings (SSSR count). The van der Waals surface area contributed by atoms with Crippen molar-refractivity contribution in [2.45, 2.75) is 19.9 Å². The van der Waals surface area contributed by atoms with Gasteiger partial charge < -0.3 is 20.9 Å². The van der Waals surface area contributed by atoms with Crippen molar-refractivity contribution in [3.63, 3.8) is 0 Å². The summed E-state index contributed by atoms with van der Waals surface area (Å²) in [5.74, 6) is -0.710. The normalized spacial score (nSPS) is 11.9. The molecule has 1 aromatic carbocycles. The summed E-state index contributed by atoms with van der Waals surface area (Å²) in [7, 11) is 0. The van der Waals surface area contributed by atoms with Crippen molar-refractivity contribution in [2.75, 3.05) is 19.6 Å². The number of aromatic amines is 1. The van der Waals surface area contributed by atoms with Gasteiger partial charge in [0, 0.05) is 12.4 Å². The number of benzene rings is 1. The predicted molar refractivity (Wildman–Crippen MR) is 113 cm³/mol. The molecule has 0 saturated carbocycles. The Morgan fingerprint density at radius 1 is 1.10 bits per heavy atom. The zero-order valence-corrected chi connectivity index (χ0v) is 16.9. The summed E-state index contributed by atoms with van der Waals surface area (Å²) in [5, 5.41) is 8.63. The number of rotatable bonds is 10. The standard InChI is InChI=1S/C22H26FN5O2/c1-15(9-16-5-3-2-4-6-16)10-25-13-20(29)27-14-21(30)26-12-19-22(23)17-11-24-8-7-18(17)28-19/h2-8,11,15,25,28H,9-10,12-14H2,1H3,(H,26,30)(H,27,29)/t15-/m1/s1. The third-order valence-electron chi connectivity index (χ3n) is 4.72. The highest BCUT2D eigenvalue weighted by molar-refractivity contribution is 5.85. The molecule has 1 atom stereocenters. The fourth-order valence-corrected chi connectivity index (χ4v) is 3.19. The van der Waals surface area contributed by atoms with Crippen LogP contribution < -0.4 is 16.0 Å². The van der Waals surface area contributed by atoms with Crippen molar-refractivity contribution < 1.29 is 14.0 Å². The molecule has 8 heteroatoms. The van der Waals surface area contributed by atoms with Crippen LogP contribution in [0.4, 0.5) is 4.39 Å². The lowest BCUT2D eigenvalue weighted by Gasteiger charge is -2.13. The molecular weight excluding hydrogens is 385 g/mol. The number of H-pyrrole nitrogens is 1. The number of carbonyl (C=O) groups is 2. The van der Waals surface area contributed by atoms with Gasteiger partial charge in [-0.05, 0) is 30.5 Å². The molecule has 3 aromatic rings. The van der Waals surface area contributed by atoms with Crippen molar-refractivity contribution in [3.05, 3.63) is 65.9 Å². The van der Waals surface area contributed by atoms with E-state index < -0.39 is 11.7 Å². The minimum atomic E-state index is -0.434. The van der Waals surface area contributed by atoms with Crippen molar-refractivity contribution in [1.82, 2.24) is 25.9 Å². The zero-order chi connectivity index (χ0) is 21.3. The maximum absolute atomic E-state index is 14.2. The number of amides is 2. The van der Waals surface area contributed by atoms with Gasteiger partial charge in [0.25, 0.3) is 0 Å². The first-order valence-corrected chi connectivity index (χ1v) is 9.91. The number of pyridine rings is 1. The molecule has 0 unspecified atom stereocenters. The van der Waals surface area contributed by atoms with Crippen LogP contribution in [-0.4, -0.2) is 41.4 Å². The first kappa shape index (κ1) is 21.4. The SMILES string of the molecule is C[C@@H](CNCC(=O)NCC(=O)NCc1[nH]c2ccncc2c1F)Cc1ccccc1. The molecule has 0 radical (unpaired) electrons. The lowest BCUT2D eigenvalue weighted by atomic mass is 10.0. The summed E-state index contributed by atoms with van der Waals surface area (Å²) in [5.41, 5.74) is 2.15. The molecule has 0 aliphatic rings. The lowest BCUT2D eigenvalue weighted by Crippen LogP contribution is -2.41. The van der Waals surface area contributed by atoms with Gasteiger partial charge in [-0.1, -0.05) is 37.3 Å². The smallest absolute Gasteiger partial charge is 0.239 e. The highest BCUT2D eigenvalue weighted by Crippen LogP contribution is 2.19. The molecule has 0 fully saturated rings. The number of halogens is 1. The Hall–Kier alpha value is -3.26. The van der Waals surface area contributed by atoms with Gasteiger partial charge in [0.15, 0.2) is 5.82 Å². The third kappa shape index (κ3) is 6.12. The van der Waals surface area contributed by atoms with Crippen LogP contribution in [0.1, 0.15) is 18.2 Å². The Kier molecular flexibility index (Phi) is 7.51. The van der Waals surface area contributed by atoms with Gasteiger partial charge in [-0.25, -0.2) is 4.39 Å². The number of fused-ring (bicyclic) bond motifs is 1. The minimum absolute atomic E-state index is 0.00443. The molecule has 0 bridgehead atoms. The molecule has 0 aliphatic heterocycles. The Balaban J connectivity index is 1.32. The van der Waals surface area contributed by atoms with Crippen LogP contribution in [0.15, 0.2) is 48.8 Å². The van der Waals surface area contributed by atoms with E-state index in [-0.39, 0.29) is 31.2 Å². The largest absolute Gasteiger partial charge is 0.354 e. The Morgan fingerprint density at radius 3 is 2.63 bits per heavy atom. The molecule has 7 nitrogen and oxygen atoms in total. The van der Waals surface area contributed by atoms with E-state index >= 15 is 0 Å². The second-order valence-electron chi connectivity index (χ2n) is 7.32. The molecule has 2 aromatic heterocycles. The maximum atomic E-state index is 14.2. The topological polar surface area (TPSA) is 98.9 Å². The van der Waals surface area contributed by atoms with Crippen LogP contribution in [-0.2, 0) is 22.6 Å². The van der Waals surface area contributed by atoms with Crippen LogP contribution >= 0.6 is 0 Å². The summed E-state index contributed by atoms with van der Waals surface area (Å²) in [6.45, 7) is 2.79. The average Bonchev–Trinajstić information content (AvgIpc) is 3.07. The average molecular weight is 411 g/mol. The second-order valence-corrected chi connectivity index (χ2v) is 7.32. The number of hydrogen-bond acceptors (Lipinski definition) is 4. The zero-order valence-electron chi connectivity index (χ0n) is 16.9. The van der Waals surface area contributed by atoms with Gasteiger partial charge >= 0.3 is 0 Å². The number of carbonyl (C=O) groups excluding carboxylic acids is 2. The molecule has 0 saturated heterocycles. The maximum Gasteiger partial charge on any atom is 0.239 e. The minimum Gasteiger partial charge on any atom is -0.354 e. The van der Waals surface area contributed by atoms with Crippen LogP contribution in [0.2, 0.25) is 0 Å². The fourth-order valence-electron chi connectivity index (χ4n) is 3.19. The summed E-state index contributed by atoms with van der Waals surface area (Å²) in [4.78, 5) is 30.6. The first-order chi connectivity index (χ1) is 14.5. The molecule has 158 valence electrons. The van der Waals surface area contributed by atoms with Gasteiger partial charge in [0.05, 0.1) is 36.2 Å². The summed E-state index contributed by atoms with van der Waals surface area (Å²) >= 11 is 0. The van der Waals surface area contributed by atoms with Crippen LogP contribution in [0.5, 0.6) is 0 Å². The predicted octanol–water partition coefficient (Wildman–Crippen LogP) is 1.90. The van der Waals surface area contributed by atoms with Gasteiger partial charge in [0.1, 0.15) is 0 Å². The molecule has 30 heavy (non-hydrogen) atoms. The number of hydrogen-bond donors (Lipinski definition) is 4. The highest BCUT2D eigenvalue weighted by Gasteiger charge is 2.12. The van der Waals surface area contributed by atoms with E-state index in [4.69, 9.17) is 0 Å². The third-order valence-corrected chi connectivity index (χ3v) is 4.72. The van der Waals surface area contributed by atoms with E-state index in [0.717, 1.165) is 6.42 Å². The van der Waals surface area contributed by atoms with Crippen LogP contribution in [0.25, 0.3) is 10.9 Å². The van der Waals surface area contributed by atoms with Crippen LogP contribution in [0, 0.1) is 11.7 Å². The van der Waals surface area contributed by atoms with E-state index in [0.29, 0.717) is 23.4 Å². The van der Waals surface area contributed by atoms with E-state index in [2.05, 4.69) is 45.0 Å². The second kappa shape index (κ2) is 10.5. The molecule has 4 N–H and O–H groups in total. The van der Waals surface area contributed by atoms with E-state index in [9.17, 15) is 14.0 Å². The molecule has 2 amide bonds. The van der Waals surface area contributed by atoms with E-state index in [1.807, 2.05) is 18.2 Å². The van der Waals surface area contributed by atoms with E-state index in [1.165, 1.54) is 11.8 Å². The summed E-state index contributed by atoms with van der Waals surface area (Å²) < 4.78 is 14.2. The number of aromatic nitrogens is 2. The van der Waals surface area contributed by atoms with E-state index in [1.54, 1.807) is 12.3 Å². The number of nitrogens with one attached hydrogen (secondary N) is 4. The van der Waals surface area contributed by atoms with Gasteiger partial charge in [0.2, 0.25) is 11.8 Å². The van der Waals surface area contributed by atoms with Gasteiger partial charge in [-0.2, -0.15) is 0 Å². The monoisotopic (exact) mass is 411 g/mol. The highest BCUT2D eigenvalue weighted by atomic mass is 19.1. The molecule has 2 heterocycles. The summed E-state index contributed by atoms with van der Waals surface area (Å²) in [6, 6.07) is 11.8. The first-order valence-electron chi connectivity index (χ1n) is 9.91. The Labute approximate surface area is 174 Å². The number of nitrogens with zero attached hydrogens (tertiary/aromatic N) is 1. The fraction of sp³-hybridized carbons (Fsp3) is 0.318. The lowest BCUT2D eigenvalue weighted by molar-refractivity contribution is -0.125. The van der Waals surface area contributed by atoms with Crippen LogP contribution in [0.3, 0.4) is 0 Å². The van der Waals surface area contributed by atoms with Gasteiger partial charge in [-0.3, -0.25) is 14.6 Å². The molecule has 0 aliphatic carbocycles. The van der Waals surface area contributed by atoms with Gasteiger partial charge in [-0.15, -0.1) is 0 Å².